The van der Waals surface area contributed by atoms with Gasteiger partial charge >= 0.3 is 5.97 Å². The molecule has 0 fully saturated rings. The minimum Gasteiger partial charge on any atom is -0.493 e. The molecular formula is C23H28O3. The van der Waals surface area contributed by atoms with E-state index in [4.69, 9.17) is 9.47 Å². The Morgan fingerprint density at radius 2 is 1.54 bits per heavy atom. The summed E-state index contributed by atoms with van der Waals surface area (Å²) in [6.07, 6.45) is 3.79. The largest absolute Gasteiger partial charge is 0.493 e. The zero-order chi connectivity index (χ0) is 18.8. The number of carbonyl (C=O) groups excluding carboxylic acids is 1. The second kappa shape index (κ2) is 10.4. The van der Waals surface area contributed by atoms with Crippen LogP contribution in [-0.2, 0) is 9.53 Å². The molecule has 2 aromatic rings. The van der Waals surface area contributed by atoms with Gasteiger partial charge in [0, 0.05) is 6.08 Å². The van der Waals surface area contributed by atoms with Crippen LogP contribution in [0.5, 0.6) is 5.75 Å². The molecule has 0 unspecified atom stereocenters. The van der Waals surface area contributed by atoms with E-state index in [1.165, 1.54) is 0 Å². The number of hydrogen-bond acceptors (Lipinski definition) is 3. The molecule has 0 atom stereocenters. The van der Waals surface area contributed by atoms with Gasteiger partial charge in [0.15, 0.2) is 0 Å². The van der Waals surface area contributed by atoms with Crippen LogP contribution in [0.1, 0.15) is 44.7 Å². The lowest BCUT2D eigenvalue weighted by Crippen LogP contribution is -2.10. The molecule has 0 aliphatic heterocycles. The summed E-state index contributed by atoms with van der Waals surface area (Å²) in [5.41, 5.74) is 2.78. The standard InChI is InChI=1S/C23H28O3/c1-4-18(5-2)17-26-21-14-12-20(13-15-21)22(16-23(24)25-6-3)19-10-8-7-9-11-19/h7-16,18H,4-6,17H2,1-3H3/b22-16+. The first-order valence-electron chi connectivity index (χ1n) is 9.35. The number of rotatable bonds is 9. The quantitative estimate of drug-likeness (QED) is 0.442. The summed E-state index contributed by atoms with van der Waals surface area (Å²) in [6, 6.07) is 17.7. The van der Waals surface area contributed by atoms with Crippen LogP contribution >= 0.6 is 0 Å². The van der Waals surface area contributed by atoms with Crippen LogP contribution < -0.4 is 4.74 Å². The van der Waals surface area contributed by atoms with Crippen molar-refractivity contribution in [2.75, 3.05) is 13.2 Å². The van der Waals surface area contributed by atoms with E-state index >= 15 is 0 Å². The predicted molar refractivity (Wildman–Crippen MR) is 106 cm³/mol. The molecule has 2 rings (SSSR count). The first-order chi connectivity index (χ1) is 12.7. The van der Waals surface area contributed by atoms with Crippen LogP contribution in [0.2, 0.25) is 0 Å². The third kappa shape index (κ3) is 5.76. The molecule has 0 aliphatic carbocycles. The number of esters is 1. The van der Waals surface area contributed by atoms with E-state index < -0.39 is 0 Å². The molecular weight excluding hydrogens is 324 g/mol. The second-order valence-electron chi connectivity index (χ2n) is 6.19. The molecule has 3 nitrogen and oxygen atoms in total. The molecule has 0 amide bonds. The summed E-state index contributed by atoms with van der Waals surface area (Å²) in [7, 11) is 0. The van der Waals surface area contributed by atoms with Crippen molar-refractivity contribution in [1.29, 1.82) is 0 Å². The molecule has 0 saturated heterocycles. The van der Waals surface area contributed by atoms with Gasteiger partial charge in [0.1, 0.15) is 5.75 Å². The van der Waals surface area contributed by atoms with Gasteiger partial charge in [0.05, 0.1) is 13.2 Å². The Bertz CT molecular complexity index is 698. The van der Waals surface area contributed by atoms with Gasteiger partial charge in [-0.2, -0.15) is 0 Å². The second-order valence-corrected chi connectivity index (χ2v) is 6.19. The highest BCUT2D eigenvalue weighted by molar-refractivity contribution is 5.96. The SMILES string of the molecule is CCOC(=O)/C=C(\c1ccccc1)c1ccc(OCC(CC)CC)cc1. The zero-order valence-corrected chi connectivity index (χ0v) is 15.9. The summed E-state index contributed by atoms with van der Waals surface area (Å²) in [5.74, 6) is 1.10. The normalized spacial score (nSPS) is 11.5. The molecule has 0 aromatic heterocycles. The minimum atomic E-state index is -0.333. The fourth-order valence-electron chi connectivity index (χ4n) is 2.72. The Morgan fingerprint density at radius 3 is 2.12 bits per heavy atom. The Morgan fingerprint density at radius 1 is 0.923 bits per heavy atom. The van der Waals surface area contributed by atoms with Gasteiger partial charge in [-0.25, -0.2) is 4.79 Å². The van der Waals surface area contributed by atoms with Crippen LogP contribution in [0.25, 0.3) is 5.57 Å². The van der Waals surface area contributed by atoms with E-state index in [1.807, 2.05) is 54.6 Å². The smallest absolute Gasteiger partial charge is 0.331 e. The summed E-state index contributed by atoms with van der Waals surface area (Å²) < 4.78 is 11.0. The molecule has 138 valence electrons. The van der Waals surface area contributed by atoms with Crippen LogP contribution in [0.15, 0.2) is 60.7 Å². The maximum absolute atomic E-state index is 12.0. The topological polar surface area (TPSA) is 35.5 Å². The van der Waals surface area contributed by atoms with Gasteiger partial charge < -0.3 is 9.47 Å². The van der Waals surface area contributed by atoms with Crippen molar-refractivity contribution in [3.8, 4) is 5.75 Å². The van der Waals surface area contributed by atoms with Crippen LogP contribution in [0.4, 0.5) is 0 Å². The fraction of sp³-hybridized carbons (Fsp3) is 0.348. The van der Waals surface area contributed by atoms with Crippen molar-refractivity contribution in [1.82, 2.24) is 0 Å². The van der Waals surface area contributed by atoms with E-state index in [1.54, 1.807) is 13.0 Å². The maximum atomic E-state index is 12.0. The van der Waals surface area contributed by atoms with E-state index in [9.17, 15) is 4.79 Å². The summed E-state index contributed by atoms with van der Waals surface area (Å²) in [5, 5.41) is 0. The average molecular weight is 352 g/mol. The third-order valence-corrected chi connectivity index (χ3v) is 4.44. The van der Waals surface area contributed by atoms with E-state index in [0.29, 0.717) is 12.5 Å². The van der Waals surface area contributed by atoms with Crippen LogP contribution in [0, 0.1) is 5.92 Å². The van der Waals surface area contributed by atoms with Crippen molar-refractivity contribution in [2.45, 2.75) is 33.6 Å². The van der Waals surface area contributed by atoms with Crippen molar-refractivity contribution in [3.05, 3.63) is 71.8 Å². The van der Waals surface area contributed by atoms with Crippen LogP contribution in [-0.4, -0.2) is 19.2 Å². The molecule has 0 heterocycles. The molecule has 26 heavy (non-hydrogen) atoms. The third-order valence-electron chi connectivity index (χ3n) is 4.44. The lowest BCUT2D eigenvalue weighted by Gasteiger charge is -2.14. The number of hydrogen-bond donors (Lipinski definition) is 0. The molecule has 0 aliphatic rings. The van der Waals surface area contributed by atoms with Gasteiger partial charge in [-0.3, -0.25) is 0 Å². The molecule has 2 aromatic carbocycles. The summed E-state index contributed by atoms with van der Waals surface area (Å²) in [4.78, 5) is 12.0. The highest BCUT2D eigenvalue weighted by Gasteiger charge is 2.09. The van der Waals surface area contributed by atoms with E-state index in [2.05, 4.69) is 13.8 Å². The van der Waals surface area contributed by atoms with Crippen molar-refractivity contribution >= 4 is 11.5 Å². The monoisotopic (exact) mass is 352 g/mol. The summed E-state index contributed by atoms with van der Waals surface area (Å²) >= 11 is 0. The molecule has 0 saturated carbocycles. The number of carbonyl (C=O) groups is 1. The Balaban J connectivity index is 2.21. The zero-order valence-electron chi connectivity index (χ0n) is 15.9. The molecule has 0 N–H and O–H groups in total. The van der Waals surface area contributed by atoms with Crippen molar-refractivity contribution in [2.24, 2.45) is 5.92 Å². The van der Waals surface area contributed by atoms with Gasteiger partial charge in [0.2, 0.25) is 0 Å². The first-order valence-corrected chi connectivity index (χ1v) is 9.35. The maximum Gasteiger partial charge on any atom is 0.331 e. The van der Waals surface area contributed by atoms with E-state index in [-0.39, 0.29) is 5.97 Å². The Labute approximate surface area is 156 Å². The average Bonchev–Trinajstić information content (AvgIpc) is 2.68. The van der Waals surface area contributed by atoms with Gasteiger partial charge in [-0.1, -0.05) is 69.2 Å². The predicted octanol–water partition coefficient (Wildman–Crippen LogP) is 5.50. The highest BCUT2D eigenvalue weighted by Crippen LogP contribution is 2.26. The molecule has 0 radical (unpaired) electrons. The van der Waals surface area contributed by atoms with Gasteiger partial charge in [-0.15, -0.1) is 0 Å². The Hall–Kier alpha value is -2.55. The van der Waals surface area contributed by atoms with Crippen molar-refractivity contribution in [3.63, 3.8) is 0 Å². The number of ether oxygens (including phenoxy) is 2. The van der Waals surface area contributed by atoms with Gasteiger partial charge in [-0.05, 0) is 41.7 Å². The number of benzene rings is 2. The lowest BCUT2D eigenvalue weighted by atomic mass is 9.97. The van der Waals surface area contributed by atoms with Crippen LogP contribution in [0.3, 0.4) is 0 Å². The Kier molecular flexibility index (Phi) is 7.94. The highest BCUT2D eigenvalue weighted by atomic mass is 16.5. The lowest BCUT2D eigenvalue weighted by molar-refractivity contribution is -0.137. The fourth-order valence-corrected chi connectivity index (χ4v) is 2.72. The summed E-state index contributed by atoms with van der Waals surface area (Å²) in [6.45, 7) is 7.27. The molecule has 0 spiro atoms. The minimum absolute atomic E-state index is 0.333. The molecule has 3 heteroatoms. The van der Waals surface area contributed by atoms with E-state index in [0.717, 1.165) is 41.9 Å². The molecule has 0 bridgehead atoms. The van der Waals surface area contributed by atoms with Crippen molar-refractivity contribution < 1.29 is 14.3 Å². The first kappa shape index (κ1) is 19.8. The van der Waals surface area contributed by atoms with Gasteiger partial charge in [0.25, 0.3) is 0 Å².